The second kappa shape index (κ2) is 5.86. The predicted octanol–water partition coefficient (Wildman–Crippen LogP) is 2.97. The standard InChI is InChI=1S/C17H13ClN4O3/c18-15-11(7-10-3-1-2-4-13(10)20-15)8-12-9-14(22(24)25)16-19-5-6-21(16)17(12)23/h1-4,7,9,19H,5-6,8H2. The molecule has 0 radical (unpaired) electrons. The molecule has 0 amide bonds. The van der Waals surface area contributed by atoms with Gasteiger partial charge in [-0.25, -0.2) is 4.98 Å². The maximum absolute atomic E-state index is 12.7. The highest BCUT2D eigenvalue weighted by atomic mass is 35.5. The number of para-hydroxylation sites is 1. The molecule has 0 saturated heterocycles. The van der Waals surface area contributed by atoms with Crippen LogP contribution in [-0.4, -0.2) is 21.0 Å². The van der Waals surface area contributed by atoms with Gasteiger partial charge in [0, 0.05) is 36.5 Å². The van der Waals surface area contributed by atoms with Gasteiger partial charge in [-0.2, -0.15) is 0 Å². The smallest absolute Gasteiger partial charge is 0.310 e. The summed E-state index contributed by atoms with van der Waals surface area (Å²) in [6, 6.07) is 10.7. The van der Waals surface area contributed by atoms with E-state index in [0.29, 0.717) is 29.4 Å². The van der Waals surface area contributed by atoms with E-state index in [4.69, 9.17) is 11.6 Å². The fraction of sp³-hybridized carbons (Fsp3) is 0.176. The van der Waals surface area contributed by atoms with E-state index in [1.165, 1.54) is 10.6 Å². The fourth-order valence-electron chi connectivity index (χ4n) is 3.12. The number of nitrogens with zero attached hydrogens (tertiary/aromatic N) is 3. The van der Waals surface area contributed by atoms with Crippen LogP contribution in [0.2, 0.25) is 5.15 Å². The van der Waals surface area contributed by atoms with Crippen LogP contribution in [0.25, 0.3) is 10.9 Å². The SMILES string of the molecule is O=c1c(Cc2cc3ccccc3nc2Cl)cc([N+](=O)[O-])c2n1CCN2. The van der Waals surface area contributed by atoms with Crippen molar-refractivity contribution in [3.05, 3.63) is 73.1 Å². The maximum atomic E-state index is 12.7. The lowest BCUT2D eigenvalue weighted by molar-refractivity contribution is -0.384. The number of halogens is 1. The van der Waals surface area contributed by atoms with Gasteiger partial charge in [-0.05, 0) is 17.7 Å². The summed E-state index contributed by atoms with van der Waals surface area (Å²) in [6.07, 6.45) is 0.191. The average molecular weight is 357 g/mol. The summed E-state index contributed by atoms with van der Waals surface area (Å²) in [5.74, 6) is 0.265. The van der Waals surface area contributed by atoms with Crippen LogP contribution < -0.4 is 10.9 Å². The van der Waals surface area contributed by atoms with Gasteiger partial charge in [-0.3, -0.25) is 19.5 Å². The molecule has 1 aliphatic heterocycles. The third-order valence-electron chi connectivity index (χ3n) is 4.30. The average Bonchev–Trinajstić information content (AvgIpc) is 3.07. The Morgan fingerprint density at radius 1 is 1.28 bits per heavy atom. The molecule has 2 aromatic heterocycles. The first-order valence-electron chi connectivity index (χ1n) is 7.74. The van der Waals surface area contributed by atoms with Crippen molar-refractivity contribution in [3.63, 3.8) is 0 Å². The number of hydrogen-bond acceptors (Lipinski definition) is 5. The Morgan fingerprint density at radius 2 is 2.08 bits per heavy atom. The van der Waals surface area contributed by atoms with Gasteiger partial charge in [0.15, 0.2) is 5.82 Å². The van der Waals surface area contributed by atoms with Crippen molar-refractivity contribution in [2.45, 2.75) is 13.0 Å². The Labute approximate surface area is 147 Å². The van der Waals surface area contributed by atoms with E-state index in [0.717, 1.165) is 10.9 Å². The van der Waals surface area contributed by atoms with Crippen LogP contribution in [0.5, 0.6) is 0 Å². The minimum atomic E-state index is -0.479. The monoisotopic (exact) mass is 356 g/mol. The highest BCUT2D eigenvalue weighted by Crippen LogP contribution is 2.28. The number of fused-ring (bicyclic) bond motifs is 2. The van der Waals surface area contributed by atoms with Crippen LogP contribution in [0, 0.1) is 10.1 Å². The first-order chi connectivity index (χ1) is 12.0. The quantitative estimate of drug-likeness (QED) is 0.442. The lowest BCUT2D eigenvalue weighted by Gasteiger charge is -2.09. The highest BCUT2D eigenvalue weighted by molar-refractivity contribution is 6.30. The summed E-state index contributed by atoms with van der Waals surface area (Å²) in [6.45, 7) is 0.907. The molecular weight excluding hydrogens is 344 g/mol. The van der Waals surface area contributed by atoms with E-state index in [2.05, 4.69) is 10.3 Å². The largest absolute Gasteiger partial charge is 0.364 e. The van der Waals surface area contributed by atoms with Crippen LogP contribution in [-0.2, 0) is 13.0 Å². The summed E-state index contributed by atoms with van der Waals surface area (Å²) in [7, 11) is 0. The molecule has 3 aromatic rings. The molecule has 0 unspecified atom stereocenters. The molecule has 25 heavy (non-hydrogen) atoms. The summed E-state index contributed by atoms with van der Waals surface area (Å²) in [5, 5.41) is 15.4. The molecule has 0 atom stereocenters. The Morgan fingerprint density at radius 3 is 2.88 bits per heavy atom. The highest BCUT2D eigenvalue weighted by Gasteiger charge is 2.26. The lowest BCUT2D eigenvalue weighted by Crippen LogP contribution is -2.23. The van der Waals surface area contributed by atoms with Crippen molar-refractivity contribution in [3.8, 4) is 0 Å². The Kier molecular flexibility index (Phi) is 3.65. The van der Waals surface area contributed by atoms with Crippen molar-refractivity contribution in [1.29, 1.82) is 0 Å². The summed E-state index contributed by atoms with van der Waals surface area (Å²) in [4.78, 5) is 27.8. The Hall–Kier alpha value is -2.93. The zero-order chi connectivity index (χ0) is 17.6. The van der Waals surface area contributed by atoms with Crippen molar-refractivity contribution >= 4 is 34.0 Å². The van der Waals surface area contributed by atoms with Crippen LogP contribution in [0.4, 0.5) is 11.5 Å². The van der Waals surface area contributed by atoms with Gasteiger partial charge in [-0.1, -0.05) is 29.8 Å². The molecule has 1 aliphatic rings. The fourth-order valence-corrected chi connectivity index (χ4v) is 3.34. The van der Waals surface area contributed by atoms with E-state index in [1.54, 1.807) is 0 Å². The molecule has 8 heteroatoms. The molecule has 0 fully saturated rings. The van der Waals surface area contributed by atoms with Crippen molar-refractivity contribution in [2.24, 2.45) is 0 Å². The second-order valence-electron chi connectivity index (χ2n) is 5.85. The van der Waals surface area contributed by atoms with E-state index >= 15 is 0 Å². The molecule has 0 aliphatic carbocycles. The van der Waals surface area contributed by atoms with Gasteiger partial charge in [0.1, 0.15) is 5.15 Å². The molecule has 4 rings (SSSR count). The van der Waals surface area contributed by atoms with E-state index in [9.17, 15) is 14.9 Å². The third-order valence-corrected chi connectivity index (χ3v) is 4.63. The molecule has 1 aromatic carbocycles. The van der Waals surface area contributed by atoms with Crippen LogP contribution >= 0.6 is 11.6 Å². The van der Waals surface area contributed by atoms with Gasteiger partial charge >= 0.3 is 5.69 Å². The number of rotatable bonds is 3. The topological polar surface area (TPSA) is 90.1 Å². The number of pyridine rings is 2. The van der Waals surface area contributed by atoms with E-state index < -0.39 is 4.92 Å². The Balaban J connectivity index is 1.84. The number of aromatic nitrogens is 2. The van der Waals surface area contributed by atoms with Crippen molar-refractivity contribution in [2.75, 3.05) is 11.9 Å². The van der Waals surface area contributed by atoms with Crippen LogP contribution in [0.1, 0.15) is 11.1 Å². The van der Waals surface area contributed by atoms with Crippen molar-refractivity contribution < 1.29 is 4.92 Å². The number of hydrogen-bond donors (Lipinski definition) is 1. The summed E-state index contributed by atoms with van der Waals surface area (Å²) < 4.78 is 1.41. The normalized spacial score (nSPS) is 12.8. The molecule has 7 nitrogen and oxygen atoms in total. The van der Waals surface area contributed by atoms with Gasteiger partial charge in [0.05, 0.1) is 10.4 Å². The minimum absolute atomic E-state index is 0.100. The third kappa shape index (κ3) is 2.62. The Bertz CT molecular complexity index is 1080. The predicted molar refractivity (Wildman–Crippen MR) is 95.4 cm³/mol. The molecule has 0 saturated carbocycles. The second-order valence-corrected chi connectivity index (χ2v) is 6.21. The number of nitro groups is 1. The zero-order valence-corrected chi connectivity index (χ0v) is 13.8. The number of nitrogens with one attached hydrogen (secondary N) is 1. The van der Waals surface area contributed by atoms with Crippen LogP contribution in [0.15, 0.2) is 41.2 Å². The molecule has 3 heterocycles. The molecule has 0 bridgehead atoms. The zero-order valence-electron chi connectivity index (χ0n) is 13.0. The lowest BCUT2D eigenvalue weighted by atomic mass is 10.1. The van der Waals surface area contributed by atoms with E-state index in [1.807, 2.05) is 30.3 Å². The molecule has 0 spiro atoms. The first kappa shape index (κ1) is 15.6. The van der Waals surface area contributed by atoms with Crippen molar-refractivity contribution in [1.82, 2.24) is 9.55 Å². The summed E-state index contributed by atoms with van der Waals surface area (Å²) >= 11 is 6.26. The van der Waals surface area contributed by atoms with Gasteiger partial charge in [0.2, 0.25) is 0 Å². The van der Waals surface area contributed by atoms with Crippen LogP contribution in [0.3, 0.4) is 0 Å². The minimum Gasteiger partial charge on any atom is -0.364 e. The van der Waals surface area contributed by atoms with Gasteiger partial charge < -0.3 is 5.32 Å². The van der Waals surface area contributed by atoms with E-state index in [-0.39, 0.29) is 23.5 Å². The van der Waals surface area contributed by atoms with Gasteiger partial charge in [0.25, 0.3) is 5.56 Å². The number of benzene rings is 1. The first-order valence-corrected chi connectivity index (χ1v) is 8.11. The summed E-state index contributed by atoms with van der Waals surface area (Å²) in [5.41, 5.74) is 1.42. The molecule has 126 valence electrons. The maximum Gasteiger partial charge on any atom is 0.310 e. The molecular formula is C17H13ClN4O3. The number of anilines is 1. The van der Waals surface area contributed by atoms with Gasteiger partial charge in [-0.15, -0.1) is 0 Å². The molecule has 1 N–H and O–H groups in total.